The first-order valence-electron chi connectivity index (χ1n) is 7.75. The molecule has 0 aliphatic rings. The summed E-state index contributed by atoms with van der Waals surface area (Å²) in [7, 11) is 3.50. The van der Waals surface area contributed by atoms with Crippen molar-refractivity contribution in [3.63, 3.8) is 0 Å². The fourth-order valence-electron chi connectivity index (χ4n) is 0.908. The maximum Gasteiger partial charge on any atom is 0.277 e. The molecule has 1 rings (SSSR count). The van der Waals surface area contributed by atoms with Crippen molar-refractivity contribution in [3.8, 4) is 5.75 Å². The average Bonchev–Trinajstić information content (AvgIpc) is 2.38. The van der Waals surface area contributed by atoms with Crippen molar-refractivity contribution in [2.24, 2.45) is 0 Å². The molecule has 0 aromatic heterocycles. The van der Waals surface area contributed by atoms with E-state index in [1.54, 1.807) is 41.5 Å². The van der Waals surface area contributed by atoms with Crippen molar-refractivity contribution in [2.75, 3.05) is 0 Å². The van der Waals surface area contributed by atoms with Gasteiger partial charge in [0.25, 0.3) is 8.05 Å². The summed E-state index contributed by atoms with van der Waals surface area (Å²) < 4.78 is 5.72. The summed E-state index contributed by atoms with van der Waals surface area (Å²) in [6.07, 6.45) is 0. The van der Waals surface area contributed by atoms with Crippen LogP contribution in [-0.4, -0.2) is 50.8 Å². The van der Waals surface area contributed by atoms with Gasteiger partial charge in [0, 0.05) is 0 Å². The van der Waals surface area contributed by atoms with Gasteiger partial charge in [0.1, 0.15) is 11.4 Å². The standard InChI is InChI=1S/C12H18O2.C6H14O2.BHO/c1-11(2,13)12(3,4)14-10-8-6-5-7-9-10;1-5(2,7)6(3,4)8;1-2/h5-9,13H,1-4H3;7-8H,1-4H3;2H. The molecule has 0 aliphatic carbocycles. The molecule has 4 N–H and O–H groups in total. The van der Waals surface area contributed by atoms with Gasteiger partial charge in [0.2, 0.25) is 0 Å². The summed E-state index contributed by atoms with van der Waals surface area (Å²) in [5.74, 6) is 0.777. The smallest absolute Gasteiger partial charge is 0.277 e. The lowest BCUT2D eigenvalue weighted by Gasteiger charge is -2.37. The molecule has 138 valence electrons. The third-order valence-corrected chi connectivity index (χ3v) is 4.09. The highest BCUT2D eigenvalue weighted by molar-refractivity contribution is 5.95. The molecule has 6 heteroatoms. The molecule has 0 saturated heterocycles. The highest BCUT2D eigenvalue weighted by Crippen LogP contribution is 2.27. The Labute approximate surface area is 147 Å². The fraction of sp³-hybridized carbons (Fsp3) is 0.667. The Morgan fingerprint density at radius 2 is 1.00 bits per heavy atom. The zero-order valence-electron chi connectivity index (χ0n) is 16.2. The van der Waals surface area contributed by atoms with Crippen LogP contribution < -0.4 is 4.74 Å². The lowest BCUT2D eigenvalue weighted by Crippen LogP contribution is -2.49. The van der Waals surface area contributed by atoms with E-state index in [0.29, 0.717) is 0 Å². The van der Waals surface area contributed by atoms with Gasteiger partial charge in [-0.05, 0) is 67.5 Å². The predicted molar refractivity (Wildman–Crippen MR) is 98.0 cm³/mol. The van der Waals surface area contributed by atoms with Crippen LogP contribution in [0.4, 0.5) is 0 Å². The van der Waals surface area contributed by atoms with Gasteiger partial charge in [-0.15, -0.1) is 0 Å². The minimum Gasteiger partial charge on any atom is -0.485 e. The van der Waals surface area contributed by atoms with Crippen LogP contribution in [0.5, 0.6) is 5.75 Å². The predicted octanol–water partition coefficient (Wildman–Crippen LogP) is 2.21. The van der Waals surface area contributed by atoms with E-state index in [1.807, 2.05) is 44.2 Å². The maximum absolute atomic E-state index is 9.88. The molecule has 2 radical (unpaired) electrons. The topological polar surface area (TPSA) is 90.2 Å². The highest BCUT2D eigenvalue weighted by Gasteiger charge is 2.37. The Bertz CT molecular complexity index is 427. The SMILES string of the molecule is CC(C)(O)C(C)(C)O.CC(C)(O)C(C)(C)Oc1ccccc1.[B]O. The van der Waals surface area contributed by atoms with Crippen LogP contribution in [0.15, 0.2) is 30.3 Å². The van der Waals surface area contributed by atoms with Gasteiger partial charge in [-0.25, -0.2) is 0 Å². The van der Waals surface area contributed by atoms with Crippen molar-refractivity contribution >= 4 is 8.05 Å². The molecule has 0 amide bonds. The van der Waals surface area contributed by atoms with Crippen molar-refractivity contribution in [1.29, 1.82) is 0 Å². The van der Waals surface area contributed by atoms with E-state index in [1.165, 1.54) is 0 Å². The third kappa shape index (κ3) is 9.28. The van der Waals surface area contributed by atoms with E-state index in [4.69, 9.17) is 20.0 Å². The lowest BCUT2D eigenvalue weighted by atomic mass is 9.89. The fourth-order valence-corrected chi connectivity index (χ4v) is 0.908. The Kier molecular flexibility index (Phi) is 9.88. The van der Waals surface area contributed by atoms with Crippen LogP contribution in [0.2, 0.25) is 0 Å². The number of benzene rings is 1. The zero-order valence-corrected chi connectivity index (χ0v) is 16.2. The van der Waals surface area contributed by atoms with Crippen molar-refractivity contribution in [3.05, 3.63) is 30.3 Å². The van der Waals surface area contributed by atoms with E-state index in [9.17, 15) is 5.11 Å². The lowest BCUT2D eigenvalue weighted by molar-refractivity contribution is -0.107. The molecule has 24 heavy (non-hydrogen) atoms. The van der Waals surface area contributed by atoms with Crippen LogP contribution in [0, 0.1) is 0 Å². The van der Waals surface area contributed by atoms with Gasteiger partial charge in [-0.1, -0.05) is 18.2 Å². The first-order chi connectivity index (χ1) is 10.6. The molecule has 1 aromatic rings. The quantitative estimate of drug-likeness (QED) is 0.631. The van der Waals surface area contributed by atoms with Crippen molar-refractivity contribution in [2.45, 2.75) is 77.8 Å². The summed E-state index contributed by atoms with van der Waals surface area (Å²) >= 11 is 0. The van der Waals surface area contributed by atoms with Gasteiger partial charge in [-0.2, -0.15) is 0 Å². The van der Waals surface area contributed by atoms with Crippen LogP contribution in [0.1, 0.15) is 55.4 Å². The van der Waals surface area contributed by atoms with Crippen molar-refractivity contribution in [1.82, 2.24) is 0 Å². The normalized spacial score (nSPS) is 12.3. The number of ether oxygens (including phenoxy) is 1. The molecule has 0 spiro atoms. The number of para-hydroxylation sites is 1. The average molecular weight is 340 g/mol. The second-order valence-electron chi connectivity index (χ2n) is 7.60. The number of aliphatic hydroxyl groups is 3. The summed E-state index contributed by atoms with van der Waals surface area (Å²) in [6.45, 7) is 13.5. The highest BCUT2D eigenvalue weighted by atomic mass is 16.5. The van der Waals surface area contributed by atoms with E-state index >= 15 is 0 Å². The molecule has 0 atom stereocenters. The van der Waals surface area contributed by atoms with Crippen LogP contribution >= 0.6 is 0 Å². The molecular weight excluding hydrogens is 307 g/mol. The van der Waals surface area contributed by atoms with Gasteiger partial charge in [-0.3, -0.25) is 0 Å². The van der Waals surface area contributed by atoms with E-state index in [0.717, 1.165) is 5.75 Å². The summed E-state index contributed by atoms with van der Waals surface area (Å²) in [6, 6.07) is 9.52. The molecule has 0 fully saturated rings. The van der Waals surface area contributed by atoms with Crippen LogP contribution in [-0.2, 0) is 0 Å². The molecule has 0 unspecified atom stereocenters. The molecule has 0 bridgehead atoms. The molecule has 5 nitrogen and oxygen atoms in total. The molecular formula is C18H33BO5. The van der Waals surface area contributed by atoms with Crippen LogP contribution in [0.3, 0.4) is 0 Å². The van der Waals surface area contributed by atoms with Gasteiger partial charge < -0.3 is 25.1 Å². The molecule has 1 aromatic carbocycles. The minimum absolute atomic E-state index is 0.603. The number of rotatable bonds is 4. The monoisotopic (exact) mass is 340 g/mol. The van der Waals surface area contributed by atoms with Gasteiger partial charge in [0.15, 0.2) is 0 Å². The largest absolute Gasteiger partial charge is 0.485 e. The summed E-state index contributed by atoms with van der Waals surface area (Å²) in [4.78, 5) is 0. The van der Waals surface area contributed by atoms with Gasteiger partial charge >= 0.3 is 0 Å². The van der Waals surface area contributed by atoms with Crippen LogP contribution in [0.25, 0.3) is 0 Å². The third-order valence-electron chi connectivity index (χ3n) is 4.09. The number of hydrogen-bond donors (Lipinski definition) is 4. The van der Waals surface area contributed by atoms with E-state index < -0.39 is 22.4 Å². The first kappa shape index (κ1) is 25.2. The zero-order chi connectivity index (χ0) is 19.8. The Morgan fingerprint density at radius 1 is 0.667 bits per heavy atom. The Morgan fingerprint density at radius 3 is 1.25 bits per heavy atom. The summed E-state index contributed by atoms with van der Waals surface area (Å²) in [5.41, 5.74) is -3.49. The Hall–Kier alpha value is -1.08. The second-order valence-corrected chi connectivity index (χ2v) is 7.60. The molecule has 0 heterocycles. The molecule has 0 aliphatic heterocycles. The molecule has 0 saturated carbocycles. The van der Waals surface area contributed by atoms with Gasteiger partial charge in [0.05, 0.1) is 16.8 Å². The number of hydrogen-bond acceptors (Lipinski definition) is 5. The maximum atomic E-state index is 9.88. The Balaban J connectivity index is 0. The first-order valence-corrected chi connectivity index (χ1v) is 7.75. The minimum atomic E-state index is -1.01. The van der Waals surface area contributed by atoms with E-state index in [-0.39, 0.29) is 0 Å². The second kappa shape index (κ2) is 9.42. The van der Waals surface area contributed by atoms with E-state index in [2.05, 4.69) is 8.05 Å². The van der Waals surface area contributed by atoms with Crippen molar-refractivity contribution < 1.29 is 25.1 Å². The summed E-state index contributed by atoms with van der Waals surface area (Å²) in [5, 5.41) is 34.6.